The average Bonchev–Trinajstić information content (AvgIpc) is 2.62. The zero-order valence-corrected chi connectivity index (χ0v) is 14.4. The average molecular weight is 356 g/mol. The summed E-state index contributed by atoms with van der Waals surface area (Å²) < 4.78 is 5.08. The lowest BCUT2D eigenvalue weighted by Crippen LogP contribution is -2.13. The van der Waals surface area contributed by atoms with Crippen LogP contribution in [0, 0.1) is 10.1 Å². The number of hydrogen-bond donors (Lipinski definition) is 0. The van der Waals surface area contributed by atoms with E-state index in [0.29, 0.717) is 6.61 Å². The number of hydrogen-bond acceptors (Lipinski definition) is 6. The minimum absolute atomic E-state index is 0.0358. The van der Waals surface area contributed by atoms with Crippen molar-refractivity contribution in [2.24, 2.45) is 4.99 Å². The van der Waals surface area contributed by atoms with Crippen molar-refractivity contribution in [1.29, 1.82) is 0 Å². The Hall–Kier alpha value is -2.67. The fourth-order valence-electron chi connectivity index (χ4n) is 2.58. The predicted molar refractivity (Wildman–Crippen MR) is 97.3 cm³/mol. The number of para-hydroxylation sites is 1. The first-order chi connectivity index (χ1) is 12.1. The summed E-state index contributed by atoms with van der Waals surface area (Å²) in [4.78, 5) is 27.0. The molecule has 7 heteroatoms. The molecule has 1 aliphatic rings. The van der Waals surface area contributed by atoms with E-state index in [-0.39, 0.29) is 23.3 Å². The number of rotatable bonds is 5. The molecule has 1 atom stereocenters. The van der Waals surface area contributed by atoms with Gasteiger partial charge >= 0.3 is 5.97 Å². The summed E-state index contributed by atoms with van der Waals surface area (Å²) in [5.41, 5.74) is 2.63. The number of esters is 1. The van der Waals surface area contributed by atoms with Crippen LogP contribution in [0.15, 0.2) is 53.5 Å². The normalized spacial score (nSPS) is 15.9. The van der Waals surface area contributed by atoms with Crippen LogP contribution in [0.25, 0.3) is 0 Å². The summed E-state index contributed by atoms with van der Waals surface area (Å²) in [6.45, 7) is 2.13. The molecule has 0 bridgehead atoms. The molecule has 2 aromatic rings. The Morgan fingerprint density at radius 3 is 2.64 bits per heavy atom. The van der Waals surface area contributed by atoms with E-state index < -0.39 is 4.92 Å². The zero-order valence-electron chi connectivity index (χ0n) is 13.5. The van der Waals surface area contributed by atoms with Crippen LogP contribution in [0.1, 0.15) is 29.7 Å². The third-order valence-electron chi connectivity index (χ3n) is 3.74. The maximum absolute atomic E-state index is 11.9. The van der Waals surface area contributed by atoms with Gasteiger partial charge in [-0.15, -0.1) is 0 Å². The van der Waals surface area contributed by atoms with E-state index in [4.69, 9.17) is 4.74 Å². The van der Waals surface area contributed by atoms with Crippen molar-refractivity contribution in [3.05, 3.63) is 69.8 Å². The van der Waals surface area contributed by atoms with Crippen molar-refractivity contribution in [2.75, 3.05) is 6.61 Å². The SMILES string of the molecule is CCOC(=O)CC1SC(c2ccc([N+](=O)[O-])cc2)=Nc2ccccc21. The van der Waals surface area contributed by atoms with Crippen molar-refractivity contribution in [2.45, 2.75) is 18.6 Å². The zero-order chi connectivity index (χ0) is 17.8. The van der Waals surface area contributed by atoms with Gasteiger partial charge < -0.3 is 4.74 Å². The molecule has 128 valence electrons. The quantitative estimate of drug-likeness (QED) is 0.450. The number of thioether (sulfide) groups is 1. The second-order valence-electron chi connectivity index (χ2n) is 5.40. The summed E-state index contributed by atoms with van der Waals surface area (Å²) >= 11 is 1.48. The Morgan fingerprint density at radius 2 is 1.96 bits per heavy atom. The lowest BCUT2D eigenvalue weighted by molar-refractivity contribution is -0.384. The highest BCUT2D eigenvalue weighted by atomic mass is 32.2. The highest BCUT2D eigenvalue weighted by molar-refractivity contribution is 8.14. The minimum Gasteiger partial charge on any atom is -0.466 e. The molecule has 1 unspecified atom stereocenters. The first kappa shape index (κ1) is 17.2. The smallest absolute Gasteiger partial charge is 0.307 e. The van der Waals surface area contributed by atoms with E-state index in [1.807, 2.05) is 24.3 Å². The molecule has 0 saturated heterocycles. The summed E-state index contributed by atoms with van der Waals surface area (Å²) in [5, 5.41) is 11.4. The third kappa shape index (κ3) is 3.88. The highest BCUT2D eigenvalue weighted by Gasteiger charge is 2.27. The maximum atomic E-state index is 11.9. The second kappa shape index (κ2) is 7.48. The molecule has 0 aliphatic carbocycles. The van der Waals surface area contributed by atoms with Gasteiger partial charge in [0.05, 0.1) is 23.6 Å². The Kier molecular flexibility index (Phi) is 5.14. The van der Waals surface area contributed by atoms with Crippen LogP contribution in [0.2, 0.25) is 0 Å². The third-order valence-corrected chi connectivity index (χ3v) is 5.00. The number of nitro benzene ring substituents is 1. The van der Waals surface area contributed by atoms with Gasteiger partial charge in [0, 0.05) is 22.9 Å². The molecule has 2 aromatic carbocycles. The maximum Gasteiger partial charge on any atom is 0.307 e. The summed E-state index contributed by atoms with van der Waals surface area (Å²) in [6.07, 6.45) is 0.252. The number of carbonyl (C=O) groups is 1. The van der Waals surface area contributed by atoms with Gasteiger partial charge in [0.25, 0.3) is 5.69 Å². The summed E-state index contributed by atoms with van der Waals surface area (Å²) in [7, 11) is 0. The molecule has 0 amide bonds. The van der Waals surface area contributed by atoms with Crippen LogP contribution in [0.5, 0.6) is 0 Å². The van der Waals surface area contributed by atoms with E-state index in [9.17, 15) is 14.9 Å². The van der Waals surface area contributed by atoms with Gasteiger partial charge in [0.2, 0.25) is 0 Å². The Balaban J connectivity index is 1.92. The molecule has 3 rings (SSSR count). The van der Waals surface area contributed by atoms with E-state index >= 15 is 0 Å². The van der Waals surface area contributed by atoms with Crippen molar-refractivity contribution >= 4 is 34.1 Å². The molecule has 1 heterocycles. The van der Waals surface area contributed by atoms with Crippen LogP contribution >= 0.6 is 11.8 Å². The fourth-order valence-corrected chi connectivity index (χ4v) is 3.82. The molecule has 1 aliphatic heterocycles. The molecule has 0 N–H and O–H groups in total. The molecule has 0 aromatic heterocycles. The number of ether oxygens (including phenoxy) is 1. The largest absolute Gasteiger partial charge is 0.466 e. The van der Waals surface area contributed by atoms with E-state index in [1.54, 1.807) is 19.1 Å². The van der Waals surface area contributed by atoms with Gasteiger partial charge in [-0.3, -0.25) is 14.9 Å². The molecule has 25 heavy (non-hydrogen) atoms. The number of nitrogens with zero attached hydrogens (tertiary/aromatic N) is 2. The highest BCUT2D eigenvalue weighted by Crippen LogP contribution is 2.44. The van der Waals surface area contributed by atoms with Crippen LogP contribution in [0.3, 0.4) is 0 Å². The number of nitro groups is 1. The van der Waals surface area contributed by atoms with E-state index in [0.717, 1.165) is 21.9 Å². The van der Waals surface area contributed by atoms with Gasteiger partial charge in [-0.05, 0) is 30.7 Å². The van der Waals surface area contributed by atoms with Gasteiger partial charge in [0.1, 0.15) is 5.04 Å². The molecule has 0 fully saturated rings. The minimum atomic E-state index is -0.432. The summed E-state index contributed by atoms with van der Waals surface area (Å²) in [6, 6.07) is 14.0. The van der Waals surface area contributed by atoms with Crippen LogP contribution in [-0.2, 0) is 9.53 Å². The standard InChI is InChI=1S/C18H16N2O4S/c1-2-24-17(21)11-16-14-5-3-4-6-15(14)19-18(25-16)12-7-9-13(10-8-12)20(22)23/h3-10,16H,2,11H2,1H3. The van der Waals surface area contributed by atoms with Crippen LogP contribution in [-0.4, -0.2) is 22.5 Å². The van der Waals surface area contributed by atoms with Gasteiger partial charge in [-0.1, -0.05) is 30.0 Å². The van der Waals surface area contributed by atoms with Crippen molar-refractivity contribution in [3.8, 4) is 0 Å². The molecule has 6 nitrogen and oxygen atoms in total. The molecule has 0 radical (unpaired) electrons. The van der Waals surface area contributed by atoms with Crippen molar-refractivity contribution in [3.63, 3.8) is 0 Å². The fraction of sp³-hybridized carbons (Fsp3) is 0.222. The second-order valence-corrected chi connectivity index (χ2v) is 6.59. The number of non-ortho nitro benzene ring substituents is 1. The van der Waals surface area contributed by atoms with Crippen LogP contribution in [0.4, 0.5) is 11.4 Å². The van der Waals surface area contributed by atoms with Crippen molar-refractivity contribution in [1.82, 2.24) is 0 Å². The van der Waals surface area contributed by atoms with Gasteiger partial charge in [-0.25, -0.2) is 4.99 Å². The Labute approximate surface area is 149 Å². The molecular weight excluding hydrogens is 340 g/mol. The van der Waals surface area contributed by atoms with E-state index in [2.05, 4.69) is 4.99 Å². The number of fused-ring (bicyclic) bond motifs is 1. The number of aliphatic imine (C=N–C) groups is 1. The topological polar surface area (TPSA) is 81.8 Å². The molecule has 0 saturated carbocycles. The number of benzene rings is 2. The first-order valence-corrected chi connectivity index (χ1v) is 8.71. The Morgan fingerprint density at radius 1 is 1.24 bits per heavy atom. The van der Waals surface area contributed by atoms with E-state index in [1.165, 1.54) is 23.9 Å². The van der Waals surface area contributed by atoms with Crippen molar-refractivity contribution < 1.29 is 14.5 Å². The summed E-state index contributed by atoms with van der Waals surface area (Å²) in [5.74, 6) is -0.250. The first-order valence-electron chi connectivity index (χ1n) is 7.83. The van der Waals surface area contributed by atoms with Crippen LogP contribution < -0.4 is 0 Å². The van der Waals surface area contributed by atoms with Gasteiger partial charge in [0.15, 0.2) is 0 Å². The monoisotopic (exact) mass is 356 g/mol. The lowest BCUT2D eigenvalue weighted by atomic mass is 10.1. The van der Waals surface area contributed by atoms with Gasteiger partial charge in [-0.2, -0.15) is 0 Å². The Bertz CT molecular complexity index is 833. The number of carbonyl (C=O) groups excluding carboxylic acids is 1. The molecule has 0 spiro atoms. The lowest BCUT2D eigenvalue weighted by Gasteiger charge is -2.23. The molecular formula is C18H16N2O4S. The predicted octanol–water partition coefficient (Wildman–Crippen LogP) is 4.41.